The first-order valence-corrected chi connectivity index (χ1v) is 10.2. The Hall–Kier alpha value is -3.10. The smallest absolute Gasteiger partial charge is 0.231 e. The average molecular weight is 407 g/mol. The monoisotopic (exact) mass is 407 g/mol. The fourth-order valence-corrected chi connectivity index (χ4v) is 3.83. The molecule has 1 aromatic carbocycles. The van der Waals surface area contributed by atoms with Gasteiger partial charge in [-0.25, -0.2) is 9.50 Å². The highest BCUT2D eigenvalue weighted by Gasteiger charge is 2.23. The van der Waals surface area contributed by atoms with Crippen LogP contribution in [0.15, 0.2) is 47.0 Å². The Balaban J connectivity index is 1.55. The van der Waals surface area contributed by atoms with Gasteiger partial charge in [-0.05, 0) is 38.1 Å². The fraction of sp³-hybridized carbons (Fsp3) is 0.364. The predicted molar refractivity (Wildman–Crippen MR) is 115 cm³/mol. The van der Waals surface area contributed by atoms with Gasteiger partial charge in [0.1, 0.15) is 17.9 Å². The molecule has 1 aliphatic rings. The third-order valence-electron chi connectivity index (χ3n) is 5.30. The van der Waals surface area contributed by atoms with E-state index in [1.807, 2.05) is 25.1 Å². The van der Waals surface area contributed by atoms with Gasteiger partial charge < -0.3 is 24.5 Å². The van der Waals surface area contributed by atoms with Crippen LogP contribution in [0.25, 0.3) is 28.1 Å². The molecule has 2 N–H and O–H groups in total. The van der Waals surface area contributed by atoms with Crippen molar-refractivity contribution in [3.63, 3.8) is 0 Å². The maximum absolute atomic E-state index is 6.21. The maximum Gasteiger partial charge on any atom is 0.231 e. The summed E-state index contributed by atoms with van der Waals surface area (Å²) in [6.07, 6.45) is 1.77. The molecule has 30 heavy (non-hydrogen) atoms. The molecule has 0 aliphatic carbocycles. The Morgan fingerprint density at radius 3 is 3.03 bits per heavy atom. The Bertz CT molecular complexity index is 1180. The number of fused-ring (bicyclic) bond motifs is 2. The minimum Gasteiger partial charge on any atom is -0.475 e. The Kier molecular flexibility index (Phi) is 4.80. The second kappa shape index (κ2) is 7.62. The van der Waals surface area contributed by atoms with Gasteiger partial charge in [-0.3, -0.25) is 0 Å². The molecule has 1 fully saturated rings. The summed E-state index contributed by atoms with van der Waals surface area (Å²) in [5, 5.41) is 5.64. The molecule has 1 aliphatic heterocycles. The average Bonchev–Trinajstić information content (AvgIpc) is 3.36. The van der Waals surface area contributed by atoms with Gasteiger partial charge in [-0.2, -0.15) is 0 Å². The summed E-state index contributed by atoms with van der Waals surface area (Å²) in [7, 11) is 0. The second-order valence-corrected chi connectivity index (χ2v) is 7.79. The van der Waals surface area contributed by atoms with Crippen molar-refractivity contribution in [3.05, 3.63) is 42.6 Å². The van der Waals surface area contributed by atoms with Crippen molar-refractivity contribution in [1.82, 2.24) is 14.6 Å². The molecule has 2 atom stereocenters. The second-order valence-electron chi connectivity index (χ2n) is 7.79. The molecule has 3 aromatic heterocycles. The molecular formula is C22H25N5O3. The van der Waals surface area contributed by atoms with Crippen molar-refractivity contribution in [2.75, 3.05) is 31.3 Å². The lowest BCUT2D eigenvalue weighted by atomic mass is 10.1. The quantitative estimate of drug-likeness (QED) is 0.543. The number of anilines is 1. The van der Waals surface area contributed by atoms with Crippen molar-refractivity contribution < 1.29 is 13.9 Å². The van der Waals surface area contributed by atoms with Gasteiger partial charge in [0.25, 0.3) is 0 Å². The fourth-order valence-electron chi connectivity index (χ4n) is 3.83. The number of furan rings is 1. The summed E-state index contributed by atoms with van der Waals surface area (Å²) < 4.78 is 19.2. The van der Waals surface area contributed by atoms with Crippen molar-refractivity contribution >= 4 is 22.3 Å². The third kappa shape index (κ3) is 3.38. The van der Waals surface area contributed by atoms with E-state index in [1.54, 1.807) is 16.8 Å². The largest absolute Gasteiger partial charge is 0.475 e. The number of morpholine rings is 1. The number of imidazole rings is 1. The normalized spacial score (nSPS) is 18.2. The molecule has 5 rings (SSSR count). The highest BCUT2D eigenvalue weighted by Crippen LogP contribution is 2.35. The zero-order valence-corrected chi connectivity index (χ0v) is 17.1. The van der Waals surface area contributed by atoms with Crippen LogP contribution in [0.5, 0.6) is 5.88 Å². The van der Waals surface area contributed by atoms with E-state index >= 15 is 0 Å². The third-order valence-corrected chi connectivity index (χ3v) is 5.30. The lowest BCUT2D eigenvalue weighted by molar-refractivity contribution is 0.0991. The number of nitrogens with two attached hydrogens (primary N) is 1. The van der Waals surface area contributed by atoms with Gasteiger partial charge in [-0.1, -0.05) is 6.07 Å². The molecule has 156 valence electrons. The summed E-state index contributed by atoms with van der Waals surface area (Å²) >= 11 is 0. The molecule has 1 saturated heterocycles. The highest BCUT2D eigenvalue weighted by molar-refractivity contribution is 5.94. The predicted octanol–water partition coefficient (Wildman–Crippen LogP) is 3.09. The van der Waals surface area contributed by atoms with Crippen LogP contribution in [-0.2, 0) is 4.74 Å². The summed E-state index contributed by atoms with van der Waals surface area (Å²) in [6.45, 7) is 6.78. The van der Waals surface area contributed by atoms with Gasteiger partial charge in [-0.15, -0.1) is 5.10 Å². The lowest BCUT2D eigenvalue weighted by Gasteiger charge is -2.35. The van der Waals surface area contributed by atoms with Crippen LogP contribution < -0.4 is 15.4 Å². The van der Waals surface area contributed by atoms with Gasteiger partial charge in [0.2, 0.25) is 5.88 Å². The molecule has 0 amide bonds. The van der Waals surface area contributed by atoms with Gasteiger partial charge in [0.15, 0.2) is 11.4 Å². The number of aromatic nitrogens is 3. The maximum atomic E-state index is 6.21. The van der Waals surface area contributed by atoms with E-state index in [0.717, 1.165) is 47.8 Å². The summed E-state index contributed by atoms with van der Waals surface area (Å²) in [4.78, 5) is 6.83. The molecule has 8 nitrogen and oxygen atoms in total. The minimum atomic E-state index is -0.0684. The summed E-state index contributed by atoms with van der Waals surface area (Å²) in [6, 6.07) is 12.1. The molecule has 0 saturated carbocycles. The van der Waals surface area contributed by atoms with E-state index in [1.165, 1.54) is 0 Å². The number of nitrogens with zero attached hydrogens (tertiary/aromatic N) is 4. The first kappa shape index (κ1) is 18.9. The number of rotatable bonds is 5. The standard InChI is InChI=1S/C22H25N5O3/c1-14(23)12-29-22-7-6-21-24-11-18(27(21)25-22)20-10-16-17(4-3-5-19(16)30-20)26-8-9-28-13-15(26)2/h3-7,10-11,14-15H,8-9,12-13,23H2,1-2H3/t14-,15+/m0/s1. The lowest BCUT2D eigenvalue weighted by Crippen LogP contribution is -2.43. The van der Waals surface area contributed by atoms with Crippen molar-refractivity contribution in [2.24, 2.45) is 5.73 Å². The molecule has 0 bridgehead atoms. The molecule has 0 radical (unpaired) electrons. The van der Waals surface area contributed by atoms with Crippen LogP contribution >= 0.6 is 0 Å². The first-order chi connectivity index (χ1) is 14.6. The molecular weight excluding hydrogens is 382 g/mol. The Labute approximate surface area is 174 Å². The zero-order chi connectivity index (χ0) is 20.7. The van der Waals surface area contributed by atoms with Crippen molar-refractivity contribution in [1.29, 1.82) is 0 Å². The first-order valence-electron chi connectivity index (χ1n) is 10.2. The molecule has 8 heteroatoms. The summed E-state index contributed by atoms with van der Waals surface area (Å²) in [5.74, 6) is 1.21. The molecule has 4 aromatic rings. The van der Waals surface area contributed by atoms with E-state index in [4.69, 9.17) is 19.6 Å². The van der Waals surface area contributed by atoms with Crippen LogP contribution in [0, 0.1) is 0 Å². The molecule has 4 heterocycles. The van der Waals surface area contributed by atoms with Crippen LogP contribution in [0.3, 0.4) is 0 Å². The minimum absolute atomic E-state index is 0.0684. The summed E-state index contributed by atoms with van der Waals surface area (Å²) in [5.41, 5.74) is 9.27. The van der Waals surface area contributed by atoms with Gasteiger partial charge in [0.05, 0.1) is 19.4 Å². The van der Waals surface area contributed by atoms with E-state index < -0.39 is 0 Å². The molecule has 0 spiro atoms. The van der Waals surface area contributed by atoms with Crippen molar-refractivity contribution in [3.8, 4) is 17.3 Å². The van der Waals surface area contributed by atoms with Crippen LogP contribution in [0.4, 0.5) is 5.69 Å². The van der Waals surface area contributed by atoms with E-state index in [9.17, 15) is 0 Å². The van der Waals surface area contributed by atoms with Gasteiger partial charge >= 0.3 is 0 Å². The number of hydrogen-bond donors (Lipinski definition) is 1. The van der Waals surface area contributed by atoms with E-state index in [2.05, 4.69) is 34.0 Å². The van der Waals surface area contributed by atoms with E-state index in [0.29, 0.717) is 24.3 Å². The van der Waals surface area contributed by atoms with Gasteiger partial charge in [0, 0.05) is 35.8 Å². The van der Waals surface area contributed by atoms with Crippen LogP contribution in [0.2, 0.25) is 0 Å². The van der Waals surface area contributed by atoms with Crippen LogP contribution in [0.1, 0.15) is 13.8 Å². The Morgan fingerprint density at radius 2 is 2.20 bits per heavy atom. The molecule has 0 unspecified atom stereocenters. The highest BCUT2D eigenvalue weighted by atomic mass is 16.5. The topological polar surface area (TPSA) is 91.0 Å². The Morgan fingerprint density at radius 1 is 1.30 bits per heavy atom. The number of benzene rings is 1. The van der Waals surface area contributed by atoms with E-state index in [-0.39, 0.29) is 6.04 Å². The number of ether oxygens (including phenoxy) is 2. The van der Waals surface area contributed by atoms with Crippen molar-refractivity contribution in [2.45, 2.75) is 25.9 Å². The SMILES string of the molecule is C[C@H](N)COc1ccc2ncc(-c3cc4c(N5CCOC[C@H]5C)cccc4o3)n2n1. The zero-order valence-electron chi connectivity index (χ0n) is 17.1. The van der Waals surface area contributed by atoms with Crippen LogP contribution in [-0.4, -0.2) is 53.0 Å². The number of hydrogen-bond acceptors (Lipinski definition) is 7.